The highest BCUT2D eigenvalue weighted by Crippen LogP contribution is 2.24. The summed E-state index contributed by atoms with van der Waals surface area (Å²) in [6, 6.07) is 5.47. The second-order valence-corrected chi connectivity index (χ2v) is 7.25. The van der Waals surface area contributed by atoms with Crippen LogP contribution < -0.4 is 4.72 Å². The van der Waals surface area contributed by atoms with E-state index in [1.165, 1.54) is 17.5 Å². The molecule has 2 N–H and O–H groups in total. The number of nitrogens with one attached hydrogen (secondary N) is 2. The van der Waals surface area contributed by atoms with Gasteiger partial charge in [-0.25, -0.2) is 13.1 Å². The van der Waals surface area contributed by atoms with Gasteiger partial charge in [-0.3, -0.25) is 5.10 Å². The van der Waals surface area contributed by atoms with Gasteiger partial charge in [0.2, 0.25) is 10.0 Å². The standard InChI is InChI=1S/C15H19N3O2S/c1-11-14(9-16-18-11)10-17-21(19,20)15-7-6-12-4-2-3-5-13(12)8-15/h6-9,17H,2-5,10H2,1H3,(H,16,18). The quantitative estimate of drug-likeness (QED) is 0.908. The van der Waals surface area contributed by atoms with Gasteiger partial charge in [-0.1, -0.05) is 6.07 Å². The van der Waals surface area contributed by atoms with Crippen LogP contribution >= 0.6 is 0 Å². The van der Waals surface area contributed by atoms with Crippen LogP contribution in [0.4, 0.5) is 0 Å². The maximum absolute atomic E-state index is 12.4. The van der Waals surface area contributed by atoms with Crippen molar-refractivity contribution >= 4 is 10.0 Å². The molecule has 0 spiro atoms. The van der Waals surface area contributed by atoms with Crippen LogP contribution in [0, 0.1) is 6.92 Å². The number of aromatic nitrogens is 2. The van der Waals surface area contributed by atoms with Crippen molar-refractivity contribution in [1.29, 1.82) is 0 Å². The van der Waals surface area contributed by atoms with E-state index in [1.807, 2.05) is 19.1 Å². The third kappa shape index (κ3) is 3.01. The van der Waals surface area contributed by atoms with Crippen LogP contribution in [0.3, 0.4) is 0 Å². The predicted octanol–water partition coefficient (Wildman–Crippen LogP) is 2.08. The van der Waals surface area contributed by atoms with Gasteiger partial charge in [0.25, 0.3) is 0 Å². The molecule has 5 nitrogen and oxygen atoms in total. The van der Waals surface area contributed by atoms with Crippen molar-refractivity contribution in [3.8, 4) is 0 Å². The van der Waals surface area contributed by atoms with Crippen molar-refractivity contribution in [1.82, 2.24) is 14.9 Å². The lowest BCUT2D eigenvalue weighted by molar-refractivity contribution is 0.580. The second-order valence-electron chi connectivity index (χ2n) is 5.48. The van der Waals surface area contributed by atoms with Gasteiger partial charge in [0.1, 0.15) is 0 Å². The van der Waals surface area contributed by atoms with Gasteiger partial charge in [-0.2, -0.15) is 5.10 Å². The number of H-pyrrole nitrogens is 1. The lowest BCUT2D eigenvalue weighted by atomic mass is 9.92. The molecule has 112 valence electrons. The zero-order valence-corrected chi connectivity index (χ0v) is 12.8. The van der Waals surface area contributed by atoms with Gasteiger partial charge in [-0.05, 0) is 55.9 Å². The van der Waals surface area contributed by atoms with E-state index in [-0.39, 0.29) is 6.54 Å². The van der Waals surface area contributed by atoms with E-state index in [4.69, 9.17) is 0 Å². The van der Waals surface area contributed by atoms with Crippen molar-refractivity contribution in [3.05, 3.63) is 46.8 Å². The Morgan fingerprint density at radius 3 is 2.71 bits per heavy atom. The van der Waals surface area contributed by atoms with Crippen molar-refractivity contribution in [2.24, 2.45) is 0 Å². The van der Waals surface area contributed by atoms with E-state index < -0.39 is 10.0 Å². The molecule has 3 rings (SSSR count). The van der Waals surface area contributed by atoms with E-state index in [9.17, 15) is 8.42 Å². The first-order valence-electron chi connectivity index (χ1n) is 7.16. The Hall–Kier alpha value is -1.66. The third-order valence-electron chi connectivity index (χ3n) is 4.02. The largest absolute Gasteiger partial charge is 0.283 e. The van der Waals surface area contributed by atoms with Crippen LogP contribution in [0.1, 0.15) is 35.2 Å². The normalized spacial score (nSPS) is 14.9. The van der Waals surface area contributed by atoms with Gasteiger partial charge in [0, 0.05) is 17.8 Å². The number of nitrogens with zero attached hydrogens (tertiary/aromatic N) is 1. The Kier molecular flexibility index (Phi) is 3.82. The first kappa shape index (κ1) is 14.3. The Balaban J connectivity index is 1.80. The molecule has 0 fully saturated rings. The minimum atomic E-state index is -3.48. The molecule has 0 unspecified atom stereocenters. The molecule has 1 aromatic heterocycles. The summed E-state index contributed by atoms with van der Waals surface area (Å²) in [6.45, 7) is 2.12. The van der Waals surface area contributed by atoms with E-state index in [0.29, 0.717) is 4.90 Å². The zero-order chi connectivity index (χ0) is 14.9. The monoisotopic (exact) mass is 305 g/mol. The summed E-state index contributed by atoms with van der Waals surface area (Å²) in [5, 5.41) is 6.69. The third-order valence-corrected chi connectivity index (χ3v) is 5.42. The average Bonchev–Trinajstić information content (AvgIpc) is 2.90. The fourth-order valence-electron chi connectivity index (χ4n) is 2.69. The lowest BCUT2D eigenvalue weighted by Gasteiger charge is -2.16. The molecule has 2 aromatic rings. The van der Waals surface area contributed by atoms with Gasteiger partial charge >= 0.3 is 0 Å². The maximum Gasteiger partial charge on any atom is 0.240 e. The van der Waals surface area contributed by atoms with Crippen molar-refractivity contribution in [3.63, 3.8) is 0 Å². The lowest BCUT2D eigenvalue weighted by Crippen LogP contribution is -2.23. The predicted molar refractivity (Wildman–Crippen MR) is 80.4 cm³/mol. The SMILES string of the molecule is Cc1[nH]ncc1CNS(=O)(=O)c1ccc2c(c1)CCCC2. The Bertz CT molecular complexity index is 750. The number of hydrogen-bond donors (Lipinski definition) is 2. The van der Waals surface area contributed by atoms with Crippen molar-refractivity contribution < 1.29 is 8.42 Å². The fourth-order valence-corrected chi connectivity index (χ4v) is 3.74. The summed E-state index contributed by atoms with van der Waals surface area (Å²) in [6.07, 6.45) is 6.00. The summed E-state index contributed by atoms with van der Waals surface area (Å²) in [5.74, 6) is 0. The van der Waals surface area contributed by atoms with Crippen molar-refractivity contribution in [2.75, 3.05) is 0 Å². The van der Waals surface area contributed by atoms with Gasteiger partial charge in [-0.15, -0.1) is 0 Å². The van der Waals surface area contributed by atoms with Crippen molar-refractivity contribution in [2.45, 2.75) is 44.0 Å². The summed E-state index contributed by atoms with van der Waals surface area (Å²) < 4.78 is 27.4. The number of aryl methyl sites for hydroxylation is 3. The zero-order valence-electron chi connectivity index (χ0n) is 12.0. The smallest absolute Gasteiger partial charge is 0.240 e. The summed E-state index contributed by atoms with van der Waals surface area (Å²) >= 11 is 0. The molecule has 21 heavy (non-hydrogen) atoms. The molecule has 0 aliphatic heterocycles. The Morgan fingerprint density at radius 1 is 1.24 bits per heavy atom. The summed E-state index contributed by atoms with van der Waals surface area (Å²) in [4.78, 5) is 0.351. The van der Waals surface area contributed by atoms with Gasteiger partial charge in [0.15, 0.2) is 0 Å². The Morgan fingerprint density at radius 2 is 2.00 bits per heavy atom. The van der Waals surface area contributed by atoms with E-state index in [1.54, 1.807) is 12.3 Å². The number of rotatable bonds is 4. The first-order valence-corrected chi connectivity index (χ1v) is 8.65. The van der Waals surface area contributed by atoms with Crippen LogP contribution in [-0.4, -0.2) is 18.6 Å². The van der Waals surface area contributed by atoms with E-state index in [2.05, 4.69) is 14.9 Å². The molecule has 1 heterocycles. The highest BCUT2D eigenvalue weighted by Gasteiger charge is 2.18. The van der Waals surface area contributed by atoms with Crippen LogP contribution in [0.2, 0.25) is 0 Å². The molecular formula is C15H19N3O2S. The summed E-state index contributed by atoms with van der Waals surface area (Å²) in [7, 11) is -3.48. The molecule has 0 bridgehead atoms. The topological polar surface area (TPSA) is 74.8 Å². The molecule has 0 saturated carbocycles. The molecule has 0 amide bonds. The number of hydrogen-bond acceptors (Lipinski definition) is 3. The highest BCUT2D eigenvalue weighted by atomic mass is 32.2. The maximum atomic E-state index is 12.4. The number of fused-ring (bicyclic) bond motifs is 1. The van der Waals surface area contributed by atoms with Gasteiger partial charge in [0.05, 0.1) is 11.1 Å². The molecule has 1 aliphatic rings. The van der Waals surface area contributed by atoms with Crippen LogP contribution in [-0.2, 0) is 29.4 Å². The fraction of sp³-hybridized carbons (Fsp3) is 0.400. The summed E-state index contributed by atoms with van der Waals surface area (Å²) in [5.41, 5.74) is 4.19. The minimum Gasteiger partial charge on any atom is -0.283 e. The molecular weight excluding hydrogens is 286 g/mol. The molecule has 0 atom stereocenters. The van der Waals surface area contributed by atoms with Crippen LogP contribution in [0.5, 0.6) is 0 Å². The van der Waals surface area contributed by atoms with Crippen LogP contribution in [0.25, 0.3) is 0 Å². The molecule has 6 heteroatoms. The highest BCUT2D eigenvalue weighted by molar-refractivity contribution is 7.89. The minimum absolute atomic E-state index is 0.252. The van der Waals surface area contributed by atoms with E-state index >= 15 is 0 Å². The number of benzene rings is 1. The molecule has 0 saturated heterocycles. The molecule has 0 radical (unpaired) electrons. The Labute approximate surface area is 124 Å². The van der Waals surface area contributed by atoms with Gasteiger partial charge < -0.3 is 0 Å². The van der Waals surface area contributed by atoms with E-state index in [0.717, 1.165) is 30.5 Å². The number of sulfonamides is 1. The number of aromatic amines is 1. The second kappa shape index (κ2) is 5.61. The first-order chi connectivity index (χ1) is 10.1. The molecule has 1 aromatic carbocycles. The van der Waals surface area contributed by atoms with Crippen LogP contribution in [0.15, 0.2) is 29.3 Å². The average molecular weight is 305 g/mol. The molecule has 1 aliphatic carbocycles.